The lowest BCUT2D eigenvalue weighted by Crippen LogP contribution is -2.37. The molecule has 0 saturated carbocycles. The van der Waals surface area contributed by atoms with Crippen LogP contribution < -0.4 is 10.1 Å². The Labute approximate surface area is 226 Å². The minimum Gasteiger partial charge on any atom is -0.493 e. The first-order valence-corrected chi connectivity index (χ1v) is 12.5. The molecule has 2 N–H and O–H groups in total. The third-order valence-electron chi connectivity index (χ3n) is 6.07. The summed E-state index contributed by atoms with van der Waals surface area (Å²) >= 11 is 0. The molecule has 0 radical (unpaired) electrons. The number of carboxylic acids is 1. The number of aliphatic carboxylic acids is 1. The summed E-state index contributed by atoms with van der Waals surface area (Å²) in [5, 5.41) is 12.5. The number of benzene rings is 3. The fourth-order valence-electron chi connectivity index (χ4n) is 4.04. The molecule has 0 unspecified atom stereocenters. The van der Waals surface area contributed by atoms with Gasteiger partial charge in [-0.3, -0.25) is 4.79 Å². The van der Waals surface area contributed by atoms with E-state index in [0.29, 0.717) is 30.4 Å². The lowest BCUT2D eigenvalue weighted by atomic mass is 10.0. The van der Waals surface area contributed by atoms with Gasteiger partial charge < -0.3 is 19.6 Å². The molecule has 0 bridgehead atoms. The maximum atomic E-state index is 13.9. The fraction of sp³-hybridized carbons (Fsp3) is 0.194. The fourth-order valence-corrected chi connectivity index (χ4v) is 4.04. The van der Waals surface area contributed by atoms with Gasteiger partial charge in [-0.2, -0.15) is 0 Å². The van der Waals surface area contributed by atoms with E-state index in [4.69, 9.17) is 9.15 Å². The lowest BCUT2D eigenvalue weighted by molar-refractivity contribution is -0.139. The highest BCUT2D eigenvalue weighted by Gasteiger charge is 2.19. The summed E-state index contributed by atoms with van der Waals surface area (Å²) in [6, 6.07) is 21.5. The van der Waals surface area contributed by atoms with Crippen molar-refractivity contribution < 1.29 is 28.2 Å². The van der Waals surface area contributed by atoms with E-state index >= 15 is 0 Å². The van der Waals surface area contributed by atoms with E-state index in [0.717, 1.165) is 22.6 Å². The molecular formula is C31H29FN2O5. The summed E-state index contributed by atoms with van der Waals surface area (Å²) in [6.45, 7) is 3.86. The molecule has 0 aliphatic heterocycles. The SMILES string of the molecule is C/C(=C/C(=O)c1ccccc1F)N[C@@H](Cc1ccc(OCCc2nc(-c3ccccc3)oc2C)cc1)C(=O)O. The van der Waals surface area contributed by atoms with Crippen LogP contribution in [0.2, 0.25) is 0 Å². The van der Waals surface area contributed by atoms with Gasteiger partial charge in [-0.25, -0.2) is 14.2 Å². The highest BCUT2D eigenvalue weighted by Crippen LogP contribution is 2.22. The summed E-state index contributed by atoms with van der Waals surface area (Å²) in [6.07, 6.45) is 1.95. The Kier molecular flexibility index (Phi) is 8.89. The number of ether oxygens (including phenoxy) is 1. The van der Waals surface area contributed by atoms with Crippen molar-refractivity contribution in [2.75, 3.05) is 6.61 Å². The first-order chi connectivity index (χ1) is 18.8. The minimum atomic E-state index is -1.07. The second-order valence-corrected chi connectivity index (χ2v) is 9.04. The number of carboxylic acid groups (broad SMARTS) is 1. The molecule has 8 heteroatoms. The van der Waals surface area contributed by atoms with Gasteiger partial charge in [-0.05, 0) is 55.8 Å². The van der Waals surface area contributed by atoms with Crippen LogP contribution in [0.1, 0.15) is 34.3 Å². The Hall–Kier alpha value is -4.72. The van der Waals surface area contributed by atoms with E-state index in [-0.39, 0.29) is 12.0 Å². The van der Waals surface area contributed by atoms with Gasteiger partial charge in [0.05, 0.1) is 17.9 Å². The Morgan fingerprint density at radius 1 is 1.05 bits per heavy atom. The number of oxazole rings is 1. The summed E-state index contributed by atoms with van der Waals surface area (Å²) in [5.74, 6) is -0.262. The number of nitrogens with zero attached hydrogens (tertiary/aromatic N) is 1. The summed E-state index contributed by atoms with van der Waals surface area (Å²) in [7, 11) is 0. The van der Waals surface area contributed by atoms with Gasteiger partial charge in [-0.15, -0.1) is 0 Å². The van der Waals surface area contributed by atoms with Crippen molar-refractivity contribution in [3.05, 3.63) is 119 Å². The van der Waals surface area contributed by atoms with Gasteiger partial charge in [-0.1, -0.05) is 42.5 Å². The Balaban J connectivity index is 1.31. The number of allylic oxidation sites excluding steroid dienone is 2. The second kappa shape index (κ2) is 12.7. The van der Waals surface area contributed by atoms with Gasteiger partial charge in [0, 0.05) is 30.2 Å². The van der Waals surface area contributed by atoms with Crippen LogP contribution in [0.15, 0.2) is 95.1 Å². The Morgan fingerprint density at radius 2 is 1.74 bits per heavy atom. The molecule has 4 rings (SSSR count). The maximum absolute atomic E-state index is 13.9. The zero-order valence-corrected chi connectivity index (χ0v) is 21.7. The number of ketones is 1. The number of nitrogens with one attached hydrogen (secondary N) is 1. The Bertz CT molecular complexity index is 1460. The molecule has 0 aliphatic rings. The first-order valence-electron chi connectivity index (χ1n) is 12.5. The molecule has 4 aromatic rings. The van der Waals surface area contributed by atoms with Gasteiger partial charge in [0.2, 0.25) is 5.89 Å². The van der Waals surface area contributed by atoms with Crippen LogP contribution in [-0.4, -0.2) is 34.5 Å². The van der Waals surface area contributed by atoms with Crippen molar-refractivity contribution in [2.45, 2.75) is 32.7 Å². The molecule has 1 atom stereocenters. The lowest BCUT2D eigenvalue weighted by Gasteiger charge is -2.16. The van der Waals surface area contributed by atoms with Gasteiger partial charge >= 0.3 is 5.97 Å². The number of hydrogen-bond donors (Lipinski definition) is 2. The van der Waals surface area contributed by atoms with E-state index in [2.05, 4.69) is 10.3 Å². The van der Waals surface area contributed by atoms with Crippen molar-refractivity contribution in [3.63, 3.8) is 0 Å². The van der Waals surface area contributed by atoms with Gasteiger partial charge in [0.15, 0.2) is 5.78 Å². The van der Waals surface area contributed by atoms with Crippen LogP contribution in [0.25, 0.3) is 11.5 Å². The van der Waals surface area contributed by atoms with Gasteiger partial charge in [0.25, 0.3) is 0 Å². The maximum Gasteiger partial charge on any atom is 0.326 e. The first kappa shape index (κ1) is 27.3. The zero-order valence-electron chi connectivity index (χ0n) is 21.7. The average Bonchev–Trinajstić information content (AvgIpc) is 3.30. The molecule has 1 heterocycles. The minimum absolute atomic E-state index is 0.0727. The van der Waals surface area contributed by atoms with Crippen molar-refractivity contribution in [1.29, 1.82) is 0 Å². The number of carbonyl (C=O) groups is 2. The molecular weight excluding hydrogens is 499 g/mol. The smallest absolute Gasteiger partial charge is 0.326 e. The summed E-state index contributed by atoms with van der Waals surface area (Å²) in [4.78, 5) is 28.8. The number of carbonyl (C=O) groups excluding carboxylic acids is 1. The van der Waals surface area contributed by atoms with E-state index < -0.39 is 23.6 Å². The van der Waals surface area contributed by atoms with Crippen molar-refractivity contribution in [3.8, 4) is 17.2 Å². The molecule has 39 heavy (non-hydrogen) atoms. The third kappa shape index (κ3) is 7.41. The average molecular weight is 529 g/mol. The number of halogens is 1. The van der Waals surface area contributed by atoms with Crippen LogP contribution >= 0.6 is 0 Å². The predicted octanol–water partition coefficient (Wildman–Crippen LogP) is 5.78. The molecule has 0 aliphatic carbocycles. The van der Waals surface area contributed by atoms with E-state index in [1.165, 1.54) is 24.3 Å². The molecule has 0 spiro atoms. The van der Waals surface area contributed by atoms with E-state index in [9.17, 15) is 19.1 Å². The molecule has 0 amide bonds. The quantitative estimate of drug-likeness (QED) is 0.177. The van der Waals surface area contributed by atoms with Crippen LogP contribution in [-0.2, 0) is 17.6 Å². The normalized spacial score (nSPS) is 12.1. The zero-order chi connectivity index (χ0) is 27.8. The van der Waals surface area contributed by atoms with Crippen molar-refractivity contribution in [2.24, 2.45) is 0 Å². The summed E-state index contributed by atoms with van der Waals surface area (Å²) in [5.41, 5.74) is 2.78. The molecule has 0 saturated heterocycles. The second-order valence-electron chi connectivity index (χ2n) is 9.04. The molecule has 7 nitrogen and oxygen atoms in total. The van der Waals surface area contributed by atoms with Crippen LogP contribution in [0.4, 0.5) is 4.39 Å². The van der Waals surface area contributed by atoms with E-state index in [1.54, 1.807) is 37.3 Å². The highest BCUT2D eigenvalue weighted by atomic mass is 19.1. The molecule has 200 valence electrons. The van der Waals surface area contributed by atoms with Gasteiger partial charge in [0.1, 0.15) is 23.4 Å². The van der Waals surface area contributed by atoms with Crippen LogP contribution in [0.3, 0.4) is 0 Å². The highest BCUT2D eigenvalue weighted by molar-refractivity contribution is 6.05. The standard InChI is InChI=1S/C31H29FN2O5/c1-20(18-29(35)25-10-6-7-11-26(25)32)33-28(31(36)37)19-22-12-14-24(15-13-22)38-17-16-27-21(2)39-30(34-27)23-8-4-3-5-9-23/h3-15,18,28,33H,16-17,19H2,1-2H3,(H,36,37)/b20-18-/t28-/m0/s1. The van der Waals surface area contributed by atoms with Crippen molar-refractivity contribution >= 4 is 11.8 Å². The topological polar surface area (TPSA) is 102 Å². The molecule has 1 aromatic heterocycles. The largest absolute Gasteiger partial charge is 0.493 e. The number of aromatic nitrogens is 1. The van der Waals surface area contributed by atoms with Crippen molar-refractivity contribution in [1.82, 2.24) is 10.3 Å². The Morgan fingerprint density at radius 3 is 2.44 bits per heavy atom. The van der Waals surface area contributed by atoms with E-state index in [1.807, 2.05) is 37.3 Å². The van der Waals surface area contributed by atoms with Crippen LogP contribution in [0, 0.1) is 12.7 Å². The molecule has 3 aromatic carbocycles. The monoisotopic (exact) mass is 528 g/mol. The third-order valence-corrected chi connectivity index (χ3v) is 6.07. The predicted molar refractivity (Wildman–Crippen MR) is 145 cm³/mol. The number of aryl methyl sites for hydroxylation is 1. The number of rotatable bonds is 12. The summed E-state index contributed by atoms with van der Waals surface area (Å²) < 4.78 is 25.5. The van der Waals surface area contributed by atoms with Crippen LogP contribution in [0.5, 0.6) is 5.75 Å². The number of hydrogen-bond acceptors (Lipinski definition) is 6. The molecule has 0 fully saturated rings.